The van der Waals surface area contributed by atoms with Crippen LogP contribution < -0.4 is 9.80 Å². The second-order valence-corrected chi connectivity index (χ2v) is 5.72. The Labute approximate surface area is 120 Å². The maximum atomic E-state index is 4.43. The van der Waals surface area contributed by atoms with Crippen molar-refractivity contribution in [2.24, 2.45) is 0 Å². The van der Waals surface area contributed by atoms with Crippen LogP contribution in [0.15, 0.2) is 48.7 Å². The zero-order valence-corrected chi connectivity index (χ0v) is 12.1. The van der Waals surface area contributed by atoms with Gasteiger partial charge in [-0.3, -0.25) is 9.88 Å². The summed E-state index contributed by atoms with van der Waals surface area (Å²) in [6.45, 7) is 8.08. The maximum Gasteiger partial charge on any atom is 0.132 e. The Bertz CT molecular complexity index is 528. The van der Waals surface area contributed by atoms with E-state index in [0.717, 1.165) is 6.54 Å². The first-order chi connectivity index (χ1) is 9.81. The van der Waals surface area contributed by atoms with Crippen LogP contribution in [0.3, 0.4) is 0 Å². The summed E-state index contributed by atoms with van der Waals surface area (Å²) in [5.74, 6) is 0. The summed E-state index contributed by atoms with van der Waals surface area (Å²) in [6, 6.07) is 15.2. The van der Waals surface area contributed by atoms with Crippen molar-refractivity contribution in [3.8, 4) is 0 Å². The number of rotatable bonds is 3. The van der Waals surface area contributed by atoms with Gasteiger partial charge in [-0.25, -0.2) is 0 Å². The van der Waals surface area contributed by atoms with Gasteiger partial charge in [-0.05, 0) is 31.2 Å². The van der Waals surface area contributed by atoms with Crippen LogP contribution in [0.1, 0.15) is 11.3 Å². The van der Waals surface area contributed by atoms with Crippen LogP contribution in [0.4, 0.5) is 5.69 Å². The minimum atomic E-state index is 1.06. The van der Waals surface area contributed by atoms with Crippen LogP contribution in [0.2, 0.25) is 0 Å². The summed E-state index contributed by atoms with van der Waals surface area (Å²) < 4.78 is 0. The van der Waals surface area contributed by atoms with Gasteiger partial charge in [0.15, 0.2) is 0 Å². The predicted octanol–water partition coefficient (Wildman–Crippen LogP) is 0.00512. The highest BCUT2D eigenvalue weighted by Gasteiger charge is 2.24. The topological polar surface area (TPSA) is 21.8 Å². The molecule has 0 atom stereocenters. The smallest absolute Gasteiger partial charge is 0.132 e. The number of hydrogen-bond donors (Lipinski definition) is 2. The van der Waals surface area contributed by atoms with Gasteiger partial charge in [-0.15, -0.1) is 0 Å². The Morgan fingerprint density at radius 1 is 0.950 bits per heavy atom. The van der Waals surface area contributed by atoms with Crippen LogP contribution in [0, 0.1) is 6.92 Å². The van der Waals surface area contributed by atoms with Gasteiger partial charge in [0, 0.05) is 6.20 Å². The van der Waals surface area contributed by atoms with Crippen molar-refractivity contribution in [2.75, 3.05) is 26.2 Å². The lowest BCUT2D eigenvalue weighted by Crippen LogP contribution is -3.25. The average molecular weight is 269 g/mol. The molecule has 0 unspecified atom stereocenters. The van der Waals surface area contributed by atoms with Crippen molar-refractivity contribution in [3.63, 3.8) is 0 Å². The summed E-state index contributed by atoms with van der Waals surface area (Å²) in [4.78, 5) is 7.70. The van der Waals surface area contributed by atoms with E-state index in [1.165, 1.54) is 43.1 Å². The molecule has 1 aromatic heterocycles. The molecule has 1 fully saturated rings. The molecule has 2 aromatic rings. The number of pyridine rings is 1. The molecule has 0 spiro atoms. The summed E-state index contributed by atoms with van der Waals surface area (Å²) >= 11 is 0. The quantitative estimate of drug-likeness (QED) is 0.805. The van der Waals surface area contributed by atoms with E-state index in [1.54, 1.807) is 9.80 Å². The van der Waals surface area contributed by atoms with Crippen molar-refractivity contribution >= 4 is 5.69 Å². The fourth-order valence-corrected chi connectivity index (χ4v) is 2.92. The maximum absolute atomic E-state index is 4.43. The van der Waals surface area contributed by atoms with Gasteiger partial charge < -0.3 is 4.90 Å². The van der Waals surface area contributed by atoms with E-state index in [2.05, 4.69) is 48.3 Å². The lowest BCUT2D eigenvalue weighted by Gasteiger charge is -2.29. The van der Waals surface area contributed by atoms with Crippen molar-refractivity contribution in [2.45, 2.75) is 13.5 Å². The fraction of sp³-hybridized carbons (Fsp3) is 0.353. The van der Waals surface area contributed by atoms with Crippen LogP contribution in [0.25, 0.3) is 0 Å². The molecule has 1 aliphatic rings. The zero-order valence-electron chi connectivity index (χ0n) is 12.1. The standard InChI is InChI=1S/C17H21N3/c1-15-5-7-17(8-6-15)20-12-10-19(11-13-20)14-16-4-2-3-9-18-16/h2-9H,10-14H2,1H3/p+2. The van der Waals surface area contributed by atoms with Crippen molar-refractivity contribution in [1.29, 1.82) is 0 Å². The van der Waals surface area contributed by atoms with Gasteiger partial charge in [0.1, 0.15) is 38.4 Å². The number of benzene rings is 1. The molecule has 3 heteroatoms. The Morgan fingerprint density at radius 2 is 1.70 bits per heavy atom. The number of aryl methyl sites for hydroxylation is 1. The molecule has 0 bridgehead atoms. The summed E-state index contributed by atoms with van der Waals surface area (Å²) in [5, 5.41) is 0. The average Bonchev–Trinajstić information content (AvgIpc) is 2.50. The fourth-order valence-electron chi connectivity index (χ4n) is 2.92. The molecule has 0 aliphatic carbocycles. The molecule has 104 valence electrons. The molecule has 3 rings (SSSR count). The second kappa shape index (κ2) is 6.16. The highest BCUT2D eigenvalue weighted by molar-refractivity contribution is 5.31. The van der Waals surface area contributed by atoms with E-state index in [-0.39, 0.29) is 0 Å². The van der Waals surface area contributed by atoms with Gasteiger partial charge in [0.2, 0.25) is 0 Å². The Balaban J connectivity index is 1.55. The number of piperazine rings is 1. The van der Waals surface area contributed by atoms with E-state index in [4.69, 9.17) is 0 Å². The third kappa shape index (κ3) is 3.24. The van der Waals surface area contributed by atoms with E-state index >= 15 is 0 Å². The van der Waals surface area contributed by atoms with E-state index < -0.39 is 0 Å². The molecule has 1 aromatic carbocycles. The molecule has 2 N–H and O–H groups in total. The molecule has 0 amide bonds. The number of hydrogen-bond acceptors (Lipinski definition) is 1. The molecule has 3 nitrogen and oxygen atoms in total. The third-order valence-electron chi connectivity index (χ3n) is 4.18. The summed E-state index contributed by atoms with van der Waals surface area (Å²) in [7, 11) is 0. The minimum absolute atomic E-state index is 1.06. The van der Waals surface area contributed by atoms with E-state index in [1.807, 2.05) is 12.3 Å². The summed E-state index contributed by atoms with van der Waals surface area (Å²) in [5.41, 5.74) is 3.99. The van der Waals surface area contributed by atoms with Crippen LogP contribution in [-0.2, 0) is 6.54 Å². The summed E-state index contributed by atoms with van der Waals surface area (Å²) in [6.07, 6.45) is 1.89. The molecule has 1 aliphatic heterocycles. The molecule has 0 radical (unpaired) electrons. The van der Waals surface area contributed by atoms with Crippen molar-refractivity contribution in [3.05, 3.63) is 59.9 Å². The van der Waals surface area contributed by atoms with Gasteiger partial charge in [-0.1, -0.05) is 23.8 Å². The highest BCUT2D eigenvalue weighted by Crippen LogP contribution is 2.03. The van der Waals surface area contributed by atoms with Crippen LogP contribution >= 0.6 is 0 Å². The number of quaternary nitrogens is 2. The van der Waals surface area contributed by atoms with Gasteiger partial charge in [-0.2, -0.15) is 0 Å². The second-order valence-electron chi connectivity index (χ2n) is 5.72. The lowest BCUT2D eigenvalue weighted by atomic mass is 10.2. The molecule has 2 heterocycles. The van der Waals surface area contributed by atoms with E-state index in [9.17, 15) is 0 Å². The predicted molar refractivity (Wildman–Crippen MR) is 80.2 cm³/mol. The molecular weight excluding hydrogens is 246 g/mol. The Morgan fingerprint density at radius 3 is 2.35 bits per heavy atom. The minimum Gasteiger partial charge on any atom is -0.321 e. The monoisotopic (exact) mass is 269 g/mol. The third-order valence-corrected chi connectivity index (χ3v) is 4.18. The highest BCUT2D eigenvalue weighted by atomic mass is 15.3. The SMILES string of the molecule is Cc1ccc([NH+]2CC[NH+](Cc3ccccn3)CC2)cc1. The Hall–Kier alpha value is -1.71. The molecule has 1 saturated heterocycles. The number of aromatic nitrogens is 1. The first-order valence-electron chi connectivity index (χ1n) is 7.46. The number of nitrogens with one attached hydrogen (secondary N) is 2. The molecular formula is C17H23N3+2. The zero-order chi connectivity index (χ0) is 13.8. The number of nitrogens with zero attached hydrogens (tertiary/aromatic N) is 1. The first-order valence-corrected chi connectivity index (χ1v) is 7.46. The Kier molecular flexibility index (Phi) is 4.09. The lowest BCUT2D eigenvalue weighted by molar-refractivity contribution is -0.994. The van der Waals surface area contributed by atoms with Gasteiger partial charge in [0.25, 0.3) is 0 Å². The largest absolute Gasteiger partial charge is 0.321 e. The van der Waals surface area contributed by atoms with Crippen molar-refractivity contribution < 1.29 is 9.80 Å². The first kappa shape index (κ1) is 13.3. The van der Waals surface area contributed by atoms with Gasteiger partial charge >= 0.3 is 0 Å². The van der Waals surface area contributed by atoms with Gasteiger partial charge in [0.05, 0.1) is 5.69 Å². The van der Waals surface area contributed by atoms with Crippen LogP contribution in [0.5, 0.6) is 0 Å². The molecule has 0 saturated carbocycles. The van der Waals surface area contributed by atoms with Crippen molar-refractivity contribution in [1.82, 2.24) is 4.98 Å². The normalized spacial score (nSPS) is 22.6. The molecule has 20 heavy (non-hydrogen) atoms. The van der Waals surface area contributed by atoms with Crippen LogP contribution in [-0.4, -0.2) is 31.2 Å². The van der Waals surface area contributed by atoms with E-state index in [0.29, 0.717) is 0 Å².